The summed E-state index contributed by atoms with van der Waals surface area (Å²) < 4.78 is 12.2. The summed E-state index contributed by atoms with van der Waals surface area (Å²) >= 11 is 1.82. The van der Waals surface area contributed by atoms with Crippen LogP contribution in [-0.2, 0) is 9.31 Å². The Balaban J connectivity index is 2.39. The van der Waals surface area contributed by atoms with Gasteiger partial charge in [-0.3, -0.25) is 0 Å². The minimum absolute atomic E-state index is 0.218. The number of thiophene rings is 1. The van der Waals surface area contributed by atoms with Crippen molar-refractivity contribution in [2.75, 3.05) is 0 Å². The molecule has 2 rings (SSSR count). The van der Waals surface area contributed by atoms with E-state index in [2.05, 4.69) is 48.5 Å². The van der Waals surface area contributed by atoms with Crippen molar-refractivity contribution in [3.8, 4) is 0 Å². The van der Waals surface area contributed by atoms with Crippen LogP contribution in [0.3, 0.4) is 0 Å². The molecule has 0 unspecified atom stereocenters. The van der Waals surface area contributed by atoms with Gasteiger partial charge < -0.3 is 9.31 Å². The van der Waals surface area contributed by atoms with E-state index in [0.717, 1.165) is 0 Å². The first kappa shape index (κ1) is 13.1. The SMILES string of the molecule is Cc1sc(C)c(B2OC(C)(C)C(C)(C)O2)c1C. The van der Waals surface area contributed by atoms with Gasteiger partial charge in [-0.05, 0) is 59.5 Å². The van der Waals surface area contributed by atoms with Crippen molar-refractivity contribution in [3.05, 3.63) is 15.3 Å². The lowest BCUT2D eigenvalue weighted by molar-refractivity contribution is 0.00578. The van der Waals surface area contributed by atoms with E-state index in [1.165, 1.54) is 20.8 Å². The van der Waals surface area contributed by atoms with Gasteiger partial charge >= 0.3 is 7.12 Å². The second kappa shape index (κ2) is 3.84. The summed E-state index contributed by atoms with van der Waals surface area (Å²) in [6, 6.07) is 0. The van der Waals surface area contributed by atoms with Crippen molar-refractivity contribution < 1.29 is 9.31 Å². The van der Waals surface area contributed by atoms with Crippen LogP contribution in [0.1, 0.15) is 43.0 Å². The minimum Gasteiger partial charge on any atom is -0.399 e. The van der Waals surface area contributed by atoms with Crippen LogP contribution >= 0.6 is 11.3 Å². The van der Waals surface area contributed by atoms with Crippen molar-refractivity contribution in [2.24, 2.45) is 0 Å². The summed E-state index contributed by atoms with van der Waals surface area (Å²) in [5.74, 6) is 0. The quantitative estimate of drug-likeness (QED) is 0.715. The Morgan fingerprint density at radius 3 is 1.71 bits per heavy atom. The molecule has 0 aromatic carbocycles. The molecule has 2 nitrogen and oxygen atoms in total. The molecule has 1 aliphatic rings. The first-order valence-electron chi connectivity index (χ1n) is 6.08. The Bertz CT molecular complexity index is 433. The lowest BCUT2D eigenvalue weighted by Gasteiger charge is -2.32. The molecule has 1 aliphatic heterocycles. The normalized spacial score (nSPS) is 22.2. The van der Waals surface area contributed by atoms with Crippen LogP contribution in [0.5, 0.6) is 0 Å². The maximum absolute atomic E-state index is 6.11. The zero-order chi connectivity index (χ0) is 13.0. The van der Waals surface area contributed by atoms with Crippen LogP contribution in [0.2, 0.25) is 0 Å². The third-order valence-corrected chi connectivity index (χ3v) is 5.25. The first-order valence-corrected chi connectivity index (χ1v) is 6.89. The molecule has 0 atom stereocenters. The Morgan fingerprint density at radius 1 is 0.882 bits per heavy atom. The standard InChI is InChI=1S/C13H21BO2S/c1-8-9(2)17-10(3)11(8)14-15-12(4,5)13(6,7)16-14/h1-7H3. The summed E-state index contributed by atoms with van der Waals surface area (Å²) in [6.45, 7) is 14.8. The van der Waals surface area contributed by atoms with Crippen LogP contribution in [0.25, 0.3) is 0 Å². The van der Waals surface area contributed by atoms with Gasteiger partial charge in [-0.2, -0.15) is 0 Å². The Hall–Kier alpha value is -0.315. The summed E-state index contributed by atoms with van der Waals surface area (Å²) in [5.41, 5.74) is 2.02. The average molecular weight is 252 g/mol. The van der Waals surface area contributed by atoms with Gasteiger partial charge in [0.2, 0.25) is 0 Å². The Kier molecular flexibility index (Phi) is 2.96. The maximum atomic E-state index is 6.11. The number of hydrogen-bond donors (Lipinski definition) is 0. The molecule has 0 amide bonds. The molecular formula is C13H21BO2S. The average Bonchev–Trinajstić information content (AvgIpc) is 2.49. The lowest BCUT2D eigenvalue weighted by Crippen LogP contribution is -2.41. The molecule has 0 aliphatic carbocycles. The highest BCUT2D eigenvalue weighted by atomic mass is 32.1. The maximum Gasteiger partial charge on any atom is 0.496 e. The van der Waals surface area contributed by atoms with E-state index in [-0.39, 0.29) is 18.3 Å². The second-order valence-electron chi connectivity index (χ2n) is 5.84. The van der Waals surface area contributed by atoms with E-state index in [4.69, 9.17) is 9.31 Å². The molecule has 0 bridgehead atoms. The van der Waals surface area contributed by atoms with Gasteiger partial charge in [-0.25, -0.2) is 0 Å². The van der Waals surface area contributed by atoms with Crippen LogP contribution in [-0.4, -0.2) is 18.3 Å². The Labute approximate surface area is 108 Å². The zero-order valence-electron chi connectivity index (χ0n) is 11.8. The predicted molar refractivity (Wildman–Crippen MR) is 74.2 cm³/mol. The third kappa shape index (κ3) is 1.96. The van der Waals surface area contributed by atoms with Crippen LogP contribution < -0.4 is 5.46 Å². The highest BCUT2D eigenvalue weighted by molar-refractivity contribution is 7.13. The molecule has 0 radical (unpaired) electrons. The van der Waals surface area contributed by atoms with Gasteiger partial charge in [0.05, 0.1) is 11.2 Å². The van der Waals surface area contributed by atoms with Gasteiger partial charge in [0, 0.05) is 9.75 Å². The highest BCUT2D eigenvalue weighted by Crippen LogP contribution is 2.37. The van der Waals surface area contributed by atoms with Gasteiger partial charge in [0.1, 0.15) is 0 Å². The van der Waals surface area contributed by atoms with Gasteiger partial charge in [-0.1, -0.05) is 0 Å². The fourth-order valence-corrected chi connectivity index (χ4v) is 3.20. The molecule has 94 valence electrons. The third-order valence-electron chi connectivity index (χ3n) is 4.11. The second-order valence-corrected chi connectivity index (χ2v) is 7.27. The van der Waals surface area contributed by atoms with Crippen LogP contribution in [0.15, 0.2) is 0 Å². The molecule has 0 spiro atoms. The lowest BCUT2D eigenvalue weighted by atomic mass is 9.76. The number of rotatable bonds is 1. The zero-order valence-corrected chi connectivity index (χ0v) is 12.6. The molecule has 17 heavy (non-hydrogen) atoms. The monoisotopic (exact) mass is 252 g/mol. The van der Waals surface area contributed by atoms with Crippen molar-refractivity contribution in [1.82, 2.24) is 0 Å². The minimum atomic E-state index is -0.258. The van der Waals surface area contributed by atoms with E-state index in [9.17, 15) is 0 Å². The van der Waals surface area contributed by atoms with Crippen molar-refractivity contribution >= 4 is 23.9 Å². The molecule has 4 heteroatoms. The van der Waals surface area contributed by atoms with Gasteiger partial charge in [0.25, 0.3) is 0 Å². The fraction of sp³-hybridized carbons (Fsp3) is 0.692. The van der Waals surface area contributed by atoms with E-state index < -0.39 is 0 Å². The fourth-order valence-electron chi connectivity index (χ4n) is 2.12. The summed E-state index contributed by atoms with van der Waals surface area (Å²) in [6.07, 6.45) is 0. The van der Waals surface area contributed by atoms with Crippen molar-refractivity contribution in [3.63, 3.8) is 0 Å². The highest BCUT2D eigenvalue weighted by Gasteiger charge is 2.52. The molecule has 2 heterocycles. The summed E-state index contributed by atoms with van der Waals surface area (Å²) in [5, 5.41) is 0. The predicted octanol–water partition coefficient (Wildman–Crippen LogP) is 2.97. The molecule has 1 aromatic rings. The molecule has 0 N–H and O–H groups in total. The Morgan fingerprint density at radius 2 is 1.35 bits per heavy atom. The van der Waals surface area contributed by atoms with E-state index in [1.807, 2.05) is 11.3 Å². The topological polar surface area (TPSA) is 18.5 Å². The molecule has 1 fully saturated rings. The largest absolute Gasteiger partial charge is 0.496 e. The van der Waals surface area contributed by atoms with Crippen molar-refractivity contribution in [2.45, 2.75) is 59.7 Å². The molecule has 0 saturated carbocycles. The molecule has 1 saturated heterocycles. The summed E-state index contributed by atoms with van der Waals surface area (Å²) in [4.78, 5) is 2.66. The molecular weight excluding hydrogens is 231 g/mol. The molecule has 1 aromatic heterocycles. The first-order chi connectivity index (χ1) is 7.66. The van der Waals surface area contributed by atoms with E-state index in [1.54, 1.807) is 0 Å². The van der Waals surface area contributed by atoms with Gasteiger partial charge in [0.15, 0.2) is 0 Å². The van der Waals surface area contributed by atoms with Gasteiger partial charge in [-0.15, -0.1) is 11.3 Å². The van der Waals surface area contributed by atoms with E-state index >= 15 is 0 Å². The number of hydrogen-bond acceptors (Lipinski definition) is 3. The van der Waals surface area contributed by atoms with Crippen molar-refractivity contribution in [1.29, 1.82) is 0 Å². The van der Waals surface area contributed by atoms with Crippen LogP contribution in [0.4, 0.5) is 0 Å². The van der Waals surface area contributed by atoms with E-state index in [0.29, 0.717) is 0 Å². The number of aryl methyl sites for hydroxylation is 2. The smallest absolute Gasteiger partial charge is 0.399 e. The van der Waals surface area contributed by atoms with Crippen LogP contribution in [0, 0.1) is 20.8 Å². The summed E-state index contributed by atoms with van der Waals surface area (Å²) in [7, 11) is -0.218.